The van der Waals surface area contributed by atoms with E-state index in [-0.39, 0.29) is 24.3 Å². The molecule has 0 bridgehead atoms. The third kappa shape index (κ3) is 3.85. The number of hydrogen-bond donors (Lipinski definition) is 1. The first-order chi connectivity index (χ1) is 13.6. The van der Waals surface area contributed by atoms with Crippen molar-refractivity contribution in [3.05, 3.63) is 24.4 Å². The lowest BCUT2D eigenvalue weighted by molar-refractivity contribution is -0.137. The monoisotopic (exact) mass is 386 g/mol. The first kappa shape index (κ1) is 19.2. The molecule has 3 heterocycles. The third-order valence-electron chi connectivity index (χ3n) is 6.48. The van der Waals surface area contributed by atoms with Crippen LogP contribution in [0, 0.1) is 17.3 Å². The second-order valence-corrected chi connectivity index (χ2v) is 8.45. The lowest BCUT2D eigenvalue weighted by atomic mass is 9.74. The molecule has 2 atom stereocenters. The number of hydrogen-bond acceptors (Lipinski definition) is 5. The number of ether oxygens (including phenoxy) is 1. The molecule has 1 saturated carbocycles. The van der Waals surface area contributed by atoms with Crippen LogP contribution >= 0.6 is 0 Å². The van der Waals surface area contributed by atoms with Crippen molar-refractivity contribution in [1.29, 1.82) is 0 Å². The molecule has 2 aliphatic heterocycles. The number of nitrogens with zero attached hydrogens (tertiary/aromatic N) is 3. The Kier molecular flexibility index (Phi) is 5.53. The van der Waals surface area contributed by atoms with Crippen LogP contribution in [-0.4, -0.2) is 68.1 Å². The Hall–Kier alpha value is -2.15. The van der Waals surface area contributed by atoms with E-state index in [9.17, 15) is 9.59 Å². The van der Waals surface area contributed by atoms with Gasteiger partial charge >= 0.3 is 0 Å². The number of amides is 2. The molecule has 28 heavy (non-hydrogen) atoms. The molecule has 2 amide bonds. The highest BCUT2D eigenvalue weighted by atomic mass is 16.5. The molecule has 1 aliphatic carbocycles. The molecular weight excluding hydrogens is 356 g/mol. The fraction of sp³-hybridized carbons (Fsp3) is 0.667. The Morgan fingerprint density at radius 2 is 2.18 bits per heavy atom. The molecule has 0 spiro atoms. The van der Waals surface area contributed by atoms with Crippen LogP contribution in [0.1, 0.15) is 25.7 Å². The van der Waals surface area contributed by atoms with Crippen molar-refractivity contribution in [3.8, 4) is 0 Å². The molecule has 1 aromatic rings. The van der Waals surface area contributed by atoms with Crippen LogP contribution < -0.4 is 10.2 Å². The summed E-state index contributed by atoms with van der Waals surface area (Å²) >= 11 is 0. The number of methoxy groups -OCH3 is 1. The quantitative estimate of drug-likeness (QED) is 0.798. The van der Waals surface area contributed by atoms with Gasteiger partial charge < -0.3 is 19.9 Å². The van der Waals surface area contributed by atoms with Crippen molar-refractivity contribution in [1.82, 2.24) is 15.2 Å². The number of aromatic nitrogens is 1. The van der Waals surface area contributed by atoms with E-state index < -0.39 is 5.41 Å². The minimum atomic E-state index is -0.464. The highest BCUT2D eigenvalue weighted by Crippen LogP contribution is 2.44. The van der Waals surface area contributed by atoms with Gasteiger partial charge in [-0.25, -0.2) is 4.98 Å². The Morgan fingerprint density at radius 1 is 1.32 bits per heavy atom. The van der Waals surface area contributed by atoms with Gasteiger partial charge in [-0.3, -0.25) is 9.59 Å². The summed E-state index contributed by atoms with van der Waals surface area (Å²) in [6, 6.07) is 5.88. The minimum Gasteiger partial charge on any atom is -0.375 e. The predicted octanol–water partition coefficient (Wildman–Crippen LogP) is 1.30. The maximum Gasteiger partial charge on any atom is 0.248 e. The van der Waals surface area contributed by atoms with E-state index in [2.05, 4.69) is 15.2 Å². The average molecular weight is 386 g/mol. The van der Waals surface area contributed by atoms with Crippen molar-refractivity contribution in [3.63, 3.8) is 0 Å². The van der Waals surface area contributed by atoms with Crippen LogP contribution in [0.2, 0.25) is 0 Å². The summed E-state index contributed by atoms with van der Waals surface area (Å²) in [6.45, 7) is 3.57. The summed E-state index contributed by atoms with van der Waals surface area (Å²) in [5.74, 6) is 1.81. The Bertz CT molecular complexity index is 709. The molecule has 7 heteroatoms. The van der Waals surface area contributed by atoms with E-state index in [0.29, 0.717) is 25.6 Å². The van der Waals surface area contributed by atoms with E-state index in [0.717, 1.165) is 31.7 Å². The van der Waals surface area contributed by atoms with Crippen LogP contribution in [0.5, 0.6) is 0 Å². The summed E-state index contributed by atoms with van der Waals surface area (Å²) < 4.78 is 5.05. The minimum absolute atomic E-state index is 0.00738. The molecular formula is C21H30N4O3. The van der Waals surface area contributed by atoms with E-state index in [4.69, 9.17) is 4.74 Å². The van der Waals surface area contributed by atoms with Crippen molar-refractivity contribution in [2.24, 2.45) is 17.3 Å². The van der Waals surface area contributed by atoms with Crippen LogP contribution in [0.3, 0.4) is 0 Å². The van der Waals surface area contributed by atoms with E-state index >= 15 is 0 Å². The predicted molar refractivity (Wildman–Crippen MR) is 106 cm³/mol. The van der Waals surface area contributed by atoms with Gasteiger partial charge in [0.25, 0.3) is 0 Å². The van der Waals surface area contributed by atoms with Gasteiger partial charge in [0.1, 0.15) is 12.4 Å². The zero-order chi connectivity index (χ0) is 19.6. The van der Waals surface area contributed by atoms with E-state index in [1.54, 1.807) is 13.3 Å². The smallest absolute Gasteiger partial charge is 0.248 e. The topological polar surface area (TPSA) is 74.8 Å². The fourth-order valence-electron chi connectivity index (χ4n) is 4.70. The zero-order valence-corrected chi connectivity index (χ0v) is 16.6. The van der Waals surface area contributed by atoms with E-state index in [1.807, 2.05) is 23.1 Å². The highest BCUT2D eigenvalue weighted by molar-refractivity contribution is 5.85. The Morgan fingerprint density at radius 3 is 2.89 bits per heavy atom. The summed E-state index contributed by atoms with van der Waals surface area (Å²) in [5, 5.41) is 3.23. The number of fused-ring (bicyclic) bond motifs is 1. The van der Waals surface area contributed by atoms with Gasteiger partial charge in [-0.1, -0.05) is 6.07 Å². The molecule has 0 radical (unpaired) electrons. The van der Waals surface area contributed by atoms with Crippen molar-refractivity contribution in [2.45, 2.75) is 25.7 Å². The number of carbonyl (C=O) groups excluding carboxylic acids is 2. The first-order valence-corrected chi connectivity index (χ1v) is 10.3. The van der Waals surface area contributed by atoms with Crippen LogP contribution in [0.15, 0.2) is 24.4 Å². The zero-order valence-electron chi connectivity index (χ0n) is 16.6. The van der Waals surface area contributed by atoms with Crippen molar-refractivity contribution >= 4 is 17.6 Å². The van der Waals surface area contributed by atoms with Crippen molar-refractivity contribution in [2.75, 3.05) is 51.3 Å². The molecule has 152 valence electrons. The summed E-state index contributed by atoms with van der Waals surface area (Å²) in [5.41, 5.74) is -0.464. The van der Waals surface area contributed by atoms with E-state index in [1.165, 1.54) is 12.8 Å². The van der Waals surface area contributed by atoms with Gasteiger partial charge in [0.15, 0.2) is 0 Å². The molecule has 0 aromatic carbocycles. The molecule has 2 saturated heterocycles. The van der Waals surface area contributed by atoms with Gasteiger partial charge in [0.05, 0.1) is 5.41 Å². The van der Waals surface area contributed by atoms with Gasteiger partial charge in [0.2, 0.25) is 11.8 Å². The second-order valence-electron chi connectivity index (χ2n) is 8.45. The standard InChI is InChI=1S/C21H30N4O3/c1-28-14-19(26)24-10-4-8-21(20(27)23-11-16-6-7-16)15-25(13-17(21)12-24)18-5-2-3-9-22-18/h2-3,5,9,16-17H,4,6-8,10-15H2,1H3,(H,23,27)/t17-,21-/m0/s1. The lowest BCUT2D eigenvalue weighted by Gasteiger charge is -2.32. The summed E-state index contributed by atoms with van der Waals surface area (Å²) in [4.78, 5) is 34.4. The molecule has 0 unspecified atom stereocenters. The maximum absolute atomic E-state index is 13.4. The van der Waals surface area contributed by atoms with Crippen LogP contribution in [0.25, 0.3) is 0 Å². The third-order valence-corrected chi connectivity index (χ3v) is 6.48. The molecule has 3 fully saturated rings. The second kappa shape index (κ2) is 8.07. The molecule has 1 N–H and O–H groups in total. The average Bonchev–Trinajstić information content (AvgIpc) is 3.50. The summed E-state index contributed by atoms with van der Waals surface area (Å²) in [6.07, 6.45) is 5.86. The molecule has 4 rings (SSSR count). The molecule has 7 nitrogen and oxygen atoms in total. The van der Waals surface area contributed by atoms with Crippen LogP contribution in [-0.2, 0) is 14.3 Å². The maximum atomic E-state index is 13.4. The lowest BCUT2D eigenvalue weighted by Crippen LogP contribution is -2.48. The van der Waals surface area contributed by atoms with Gasteiger partial charge in [-0.2, -0.15) is 0 Å². The molecule has 1 aromatic heterocycles. The Balaban J connectivity index is 1.56. The number of nitrogens with one attached hydrogen (secondary N) is 1. The normalized spacial score (nSPS) is 27.2. The SMILES string of the molecule is COCC(=O)N1CCC[C@]2(C(=O)NCC3CC3)CN(c3ccccn3)C[C@@H]2C1. The van der Waals surface area contributed by atoms with Gasteiger partial charge in [-0.15, -0.1) is 0 Å². The number of carbonyl (C=O) groups is 2. The van der Waals surface area contributed by atoms with Gasteiger partial charge in [0, 0.05) is 51.9 Å². The summed E-state index contributed by atoms with van der Waals surface area (Å²) in [7, 11) is 1.55. The van der Waals surface area contributed by atoms with Crippen LogP contribution in [0.4, 0.5) is 5.82 Å². The molecule has 3 aliphatic rings. The number of pyridine rings is 1. The van der Waals surface area contributed by atoms with Crippen molar-refractivity contribution < 1.29 is 14.3 Å². The number of rotatable bonds is 6. The first-order valence-electron chi connectivity index (χ1n) is 10.3. The van der Waals surface area contributed by atoms with Gasteiger partial charge in [-0.05, 0) is 43.7 Å². The fourth-order valence-corrected chi connectivity index (χ4v) is 4.70. The number of likely N-dealkylation sites (tertiary alicyclic amines) is 1. The largest absolute Gasteiger partial charge is 0.375 e. The number of anilines is 1. The Labute approximate surface area is 166 Å². The highest BCUT2D eigenvalue weighted by Gasteiger charge is 2.53.